The molecular weight excluding hydrogens is 452 g/mol. The van der Waals surface area contributed by atoms with E-state index >= 15 is 0 Å². The molecule has 0 aliphatic carbocycles. The maximum Gasteiger partial charge on any atom is 0.337 e. The van der Waals surface area contributed by atoms with E-state index in [1.165, 1.54) is 31.4 Å². The van der Waals surface area contributed by atoms with Crippen LogP contribution in [0, 0.1) is 11.6 Å². The van der Waals surface area contributed by atoms with E-state index in [4.69, 9.17) is 19.1 Å². The summed E-state index contributed by atoms with van der Waals surface area (Å²) in [4.78, 5) is 23.8. The number of ether oxygens (including phenoxy) is 1. The van der Waals surface area contributed by atoms with Crippen molar-refractivity contribution in [2.24, 2.45) is 0 Å². The summed E-state index contributed by atoms with van der Waals surface area (Å²) in [5, 5.41) is 0.606. The number of fused-ring (bicyclic) bond motifs is 3. The van der Waals surface area contributed by atoms with Crippen molar-refractivity contribution in [1.82, 2.24) is 9.97 Å². The second-order valence-electron chi connectivity index (χ2n) is 8.41. The van der Waals surface area contributed by atoms with Gasteiger partial charge in [-0.15, -0.1) is 0 Å². The summed E-state index contributed by atoms with van der Waals surface area (Å²) >= 11 is 0. The maximum atomic E-state index is 13.9. The fourth-order valence-electron chi connectivity index (χ4n) is 4.56. The van der Waals surface area contributed by atoms with Crippen LogP contribution >= 0.6 is 0 Å². The van der Waals surface area contributed by atoms with E-state index in [1.54, 1.807) is 36.4 Å². The third kappa shape index (κ3) is 3.67. The zero-order chi connectivity index (χ0) is 24.1. The van der Waals surface area contributed by atoms with Crippen molar-refractivity contribution in [3.05, 3.63) is 83.4 Å². The molecule has 0 radical (unpaired) electrons. The van der Waals surface area contributed by atoms with Crippen molar-refractivity contribution in [2.45, 2.75) is 12.8 Å². The molecule has 0 bridgehead atoms. The number of anilines is 2. The lowest BCUT2D eigenvalue weighted by molar-refractivity contribution is 0.0601. The second-order valence-corrected chi connectivity index (χ2v) is 8.41. The van der Waals surface area contributed by atoms with Crippen LogP contribution in [0.15, 0.2) is 65.1 Å². The van der Waals surface area contributed by atoms with Crippen molar-refractivity contribution >= 4 is 39.5 Å². The molecule has 6 nitrogen and oxygen atoms in total. The number of carbonyl (C=O) groups is 1. The van der Waals surface area contributed by atoms with Gasteiger partial charge >= 0.3 is 5.97 Å². The highest BCUT2D eigenvalue weighted by Crippen LogP contribution is 2.40. The average Bonchev–Trinajstić information content (AvgIpc) is 3.29. The first-order chi connectivity index (χ1) is 17.0. The first-order valence-electron chi connectivity index (χ1n) is 11.2. The predicted octanol–water partition coefficient (Wildman–Crippen LogP) is 6.19. The molecule has 3 aromatic carbocycles. The van der Waals surface area contributed by atoms with Crippen molar-refractivity contribution < 1.29 is 22.7 Å². The molecule has 174 valence electrons. The normalized spacial score (nSPS) is 13.3. The smallest absolute Gasteiger partial charge is 0.337 e. The van der Waals surface area contributed by atoms with Crippen LogP contribution < -0.4 is 4.90 Å². The summed E-state index contributed by atoms with van der Waals surface area (Å²) in [5.74, 6) is -0.195. The Bertz CT molecular complexity index is 1630. The number of nitrogens with zero attached hydrogens (tertiary/aromatic N) is 3. The number of rotatable bonds is 3. The third-order valence-electron chi connectivity index (χ3n) is 6.19. The van der Waals surface area contributed by atoms with Crippen LogP contribution in [-0.4, -0.2) is 29.6 Å². The molecule has 0 amide bonds. The number of carbonyl (C=O) groups excluding carboxylic acids is 1. The molecule has 6 rings (SSSR count). The zero-order valence-corrected chi connectivity index (χ0v) is 18.7. The molecule has 5 aromatic rings. The monoisotopic (exact) mass is 471 g/mol. The zero-order valence-electron chi connectivity index (χ0n) is 18.7. The van der Waals surface area contributed by atoms with Gasteiger partial charge < -0.3 is 14.1 Å². The second kappa shape index (κ2) is 8.16. The Kier molecular flexibility index (Phi) is 4.95. The van der Waals surface area contributed by atoms with Crippen molar-refractivity contribution in [2.75, 3.05) is 18.6 Å². The van der Waals surface area contributed by atoms with Gasteiger partial charge in [-0.2, -0.15) is 0 Å². The van der Waals surface area contributed by atoms with E-state index in [-0.39, 0.29) is 11.6 Å². The lowest BCUT2D eigenvalue weighted by atomic mass is 10.0. The van der Waals surface area contributed by atoms with Crippen LogP contribution in [0.4, 0.5) is 20.3 Å². The molecule has 0 saturated heterocycles. The standard InChI is InChI=1S/C27H19F2N3O3/c1-34-27(33)16-4-7-20-21(13-16)31-26(32-10-2-3-15-11-18(28)5-8-22(15)32)25(30-20)24-14-17-12-19(29)6-9-23(17)35-24/h4-9,11-14H,2-3,10H2,1H3. The Morgan fingerprint density at radius 1 is 0.971 bits per heavy atom. The molecule has 0 fully saturated rings. The number of methoxy groups -OCH3 is 1. The summed E-state index contributed by atoms with van der Waals surface area (Å²) in [6, 6.07) is 15.7. The number of hydrogen-bond donors (Lipinski definition) is 0. The summed E-state index contributed by atoms with van der Waals surface area (Å²) in [6.45, 7) is 0.636. The number of halogens is 2. The summed E-state index contributed by atoms with van der Waals surface area (Å²) in [7, 11) is 1.32. The van der Waals surface area contributed by atoms with Gasteiger partial charge in [-0.25, -0.2) is 23.5 Å². The molecule has 0 saturated carbocycles. The van der Waals surface area contributed by atoms with Crippen LogP contribution in [0.3, 0.4) is 0 Å². The molecule has 0 atom stereocenters. The van der Waals surface area contributed by atoms with E-state index in [0.717, 1.165) is 24.1 Å². The molecule has 1 aliphatic rings. The van der Waals surface area contributed by atoms with Crippen LogP contribution in [-0.2, 0) is 11.2 Å². The predicted molar refractivity (Wildman–Crippen MR) is 128 cm³/mol. The van der Waals surface area contributed by atoms with Crippen molar-refractivity contribution in [1.29, 1.82) is 0 Å². The van der Waals surface area contributed by atoms with Gasteiger partial charge in [0.25, 0.3) is 0 Å². The van der Waals surface area contributed by atoms with E-state index in [9.17, 15) is 13.6 Å². The van der Waals surface area contributed by atoms with Gasteiger partial charge in [0.1, 0.15) is 22.9 Å². The van der Waals surface area contributed by atoms with Crippen molar-refractivity contribution in [3.63, 3.8) is 0 Å². The lowest BCUT2D eigenvalue weighted by Crippen LogP contribution is -2.26. The minimum atomic E-state index is -0.475. The molecule has 3 heterocycles. The van der Waals surface area contributed by atoms with E-state index < -0.39 is 5.97 Å². The van der Waals surface area contributed by atoms with Crippen LogP contribution in [0.1, 0.15) is 22.3 Å². The summed E-state index contributed by atoms with van der Waals surface area (Å²) in [5.41, 5.74) is 4.11. The van der Waals surface area contributed by atoms with Crippen LogP contribution in [0.2, 0.25) is 0 Å². The van der Waals surface area contributed by atoms with Crippen LogP contribution in [0.5, 0.6) is 0 Å². The lowest BCUT2D eigenvalue weighted by Gasteiger charge is -2.31. The number of hydrogen-bond acceptors (Lipinski definition) is 6. The maximum absolute atomic E-state index is 13.9. The van der Waals surface area contributed by atoms with E-state index in [2.05, 4.69) is 0 Å². The highest BCUT2D eigenvalue weighted by atomic mass is 19.1. The Hall–Kier alpha value is -4.33. The first-order valence-corrected chi connectivity index (χ1v) is 11.2. The van der Waals surface area contributed by atoms with Gasteiger partial charge in [0.2, 0.25) is 0 Å². The van der Waals surface area contributed by atoms with Gasteiger partial charge in [0.15, 0.2) is 11.6 Å². The van der Waals surface area contributed by atoms with Gasteiger partial charge in [-0.3, -0.25) is 0 Å². The minimum Gasteiger partial charge on any atom is -0.465 e. The Morgan fingerprint density at radius 2 is 1.80 bits per heavy atom. The number of furan rings is 1. The molecule has 8 heteroatoms. The largest absolute Gasteiger partial charge is 0.465 e. The highest BCUT2D eigenvalue weighted by Gasteiger charge is 2.26. The molecule has 0 spiro atoms. The summed E-state index contributed by atoms with van der Waals surface area (Å²) < 4.78 is 38.6. The fourth-order valence-corrected chi connectivity index (χ4v) is 4.56. The third-order valence-corrected chi connectivity index (χ3v) is 6.19. The fraction of sp³-hybridized carbons (Fsp3) is 0.148. The van der Waals surface area contributed by atoms with Gasteiger partial charge in [0.05, 0.1) is 23.7 Å². The number of benzene rings is 3. The Labute approximate surface area is 198 Å². The van der Waals surface area contributed by atoms with E-state index in [0.29, 0.717) is 51.4 Å². The Morgan fingerprint density at radius 3 is 2.66 bits per heavy atom. The molecule has 0 unspecified atom stereocenters. The molecule has 0 N–H and O–H groups in total. The molecule has 35 heavy (non-hydrogen) atoms. The molecule has 2 aromatic heterocycles. The summed E-state index contributed by atoms with van der Waals surface area (Å²) in [6.07, 6.45) is 1.54. The minimum absolute atomic E-state index is 0.294. The molecule has 1 aliphatic heterocycles. The van der Waals surface area contributed by atoms with Gasteiger partial charge in [-0.05, 0) is 79.1 Å². The number of aromatic nitrogens is 2. The van der Waals surface area contributed by atoms with E-state index in [1.807, 2.05) is 4.90 Å². The highest BCUT2D eigenvalue weighted by molar-refractivity contribution is 5.95. The number of esters is 1. The van der Waals surface area contributed by atoms with Crippen molar-refractivity contribution in [3.8, 4) is 11.5 Å². The Balaban J connectivity index is 1.60. The topological polar surface area (TPSA) is 68.5 Å². The van der Waals surface area contributed by atoms with Crippen LogP contribution in [0.25, 0.3) is 33.5 Å². The van der Waals surface area contributed by atoms with Gasteiger partial charge in [0, 0.05) is 17.6 Å². The SMILES string of the molecule is COC(=O)c1ccc2nc(-c3cc4cc(F)ccc4o3)c(N3CCCc4cc(F)ccc43)nc2c1. The quantitative estimate of drug-likeness (QED) is 0.292. The number of aryl methyl sites for hydroxylation is 1. The first kappa shape index (κ1) is 21.2. The van der Waals surface area contributed by atoms with Gasteiger partial charge in [-0.1, -0.05) is 0 Å². The molecular formula is C27H19F2N3O3. The average molecular weight is 471 g/mol.